The van der Waals surface area contributed by atoms with Gasteiger partial charge in [0, 0.05) is 18.0 Å². The third kappa shape index (κ3) is 3.45. The predicted molar refractivity (Wildman–Crippen MR) is 91.0 cm³/mol. The molecule has 0 bridgehead atoms. The molecule has 5 nitrogen and oxygen atoms in total. The molecule has 0 saturated carbocycles. The standard InChI is InChI=1S/C19H21NO4/c1-22-17-8-7-15(10-18(17)23-2)19(21)20-11-13-9-14-5-3-4-6-16(14)24-12-13/h3-8,10,13H,9,11-12H2,1-2H3,(H,20,21)/t13-/m1/s1. The SMILES string of the molecule is COc1ccc(C(=O)NC[C@@H]2COc3ccccc3C2)cc1OC. The van der Waals surface area contributed by atoms with Gasteiger partial charge < -0.3 is 19.5 Å². The van der Waals surface area contributed by atoms with E-state index in [1.54, 1.807) is 32.4 Å². The first kappa shape index (κ1) is 16.2. The molecular weight excluding hydrogens is 306 g/mol. The molecule has 0 radical (unpaired) electrons. The van der Waals surface area contributed by atoms with Crippen molar-refractivity contribution in [1.82, 2.24) is 5.32 Å². The Morgan fingerprint density at radius 3 is 2.75 bits per heavy atom. The highest BCUT2D eigenvalue weighted by Crippen LogP contribution is 2.28. The monoisotopic (exact) mass is 327 g/mol. The highest BCUT2D eigenvalue weighted by molar-refractivity contribution is 5.94. The maximum Gasteiger partial charge on any atom is 0.251 e. The van der Waals surface area contributed by atoms with Crippen LogP contribution in [0.15, 0.2) is 42.5 Å². The zero-order valence-corrected chi connectivity index (χ0v) is 13.9. The molecule has 1 aliphatic rings. The van der Waals surface area contributed by atoms with Gasteiger partial charge in [-0.25, -0.2) is 0 Å². The Bertz CT molecular complexity index is 729. The molecule has 0 spiro atoms. The van der Waals surface area contributed by atoms with Crippen LogP contribution >= 0.6 is 0 Å². The Balaban J connectivity index is 1.60. The minimum Gasteiger partial charge on any atom is -0.493 e. The quantitative estimate of drug-likeness (QED) is 0.917. The van der Waals surface area contributed by atoms with Crippen LogP contribution in [0.5, 0.6) is 17.2 Å². The van der Waals surface area contributed by atoms with Crippen LogP contribution < -0.4 is 19.5 Å². The van der Waals surface area contributed by atoms with Gasteiger partial charge in [-0.15, -0.1) is 0 Å². The first-order valence-corrected chi connectivity index (χ1v) is 7.92. The van der Waals surface area contributed by atoms with Gasteiger partial charge in [0.15, 0.2) is 11.5 Å². The Hall–Kier alpha value is -2.69. The lowest BCUT2D eigenvalue weighted by Gasteiger charge is -2.25. The zero-order chi connectivity index (χ0) is 16.9. The second-order valence-electron chi connectivity index (χ2n) is 5.77. The maximum atomic E-state index is 12.4. The molecule has 126 valence electrons. The first-order valence-electron chi connectivity index (χ1n) is 7.92. The van der Waals surface area contributed by atoms with E-state index in [9.17, 15) is 4.79 Å². The van der Waals surface area contributed by atoms with Crippen LogP contribution in [-0.4, -0.2) is 33.3 Å². The van der Waals surface area contributed by atoms with E-state index in [-0.39, 0.29) is 11.8 Å². The van der Waals surface area contributed by atoms with Crippen LogP contribution in [0.2, 0.25) is 0 Å². The van der Waals surface area contributed by atoms with Crippen molar-refractivity contribution < 1.29 is 19.0 Å². The number of ether oxygens (including phenoxy) is 3. The smallest absolute Gasteiger partial charge is 0.251 e. The predicted octanol–water partition coefficient (Wildman–Crippen LogP) is 2.68. The van der Waals surface area contributed by atoms with Crippen LogP contribution in [-0.2, 0) is 6.42 Å². The molecule has 24 heavy (non-hydrogen) atoms. The molecule has 2 aromatic carbocycles. The molecule has 1 N–H and O–H groups in total. The summed E-state index contributed by atoms with van der Waals surface area (Å²) in [5, 5.41) is 2.97. The Morgan fingerprint density at radius 1 is 1.17 bits per heavy atom. The number of hydrogen-bond donors (Lipinski definition) is 1. The molecule has 0 aliphatic carbocycles. The number of nitrogens with one attached hydrogen (secondary N) is 1. The fourth-order valence-corrected chi connectivity index (χ4v) is 2.84. The molecule has 0 aromatic heterocycles. The molecule has 1 aliphatic heterocycles. The van der Waals surface area contributed by atoms with E-state index in [1.807, 2.05) is 18.2 Å². The number of fused-ring (bicyclic) bond motifs is 1. The van der Waals surface area contributed by atoms with E-state index < -0.39 is 0 Å². The van der Waals surface area contributed by atoms with Crippen LogP contribution in [0.1, 0.15) is 15.9 Å². The van der Waals surface area contributed by atoms with Crippen LogP contribution in [0.4, 0.5) is 0 Å². The van der Waals surface area contributed by atoms with Crippen molar-refractivity contribution in [1.29, 1.82) is 0 Å². The Morgan fingerprint density at radius 2 is 1.96 bits per heavy atom. The van der Waals surface area contributed by atoms with Crippen molar-refractivity contribution in [3.63, 3.8) is 0 Å². The fraction of sp³-hybridized carbons (Fsp3) is 0.316. The number of hydrogen-bond acceptors (Lipinski definition) is 4. The number of para-hydroxylation sites is 1. The van der Waals surface area contributed by atoms with Crippen molar-refractivity contribution >= 4 is 5.91 Å². The van der Waals surface area contributed by atoms with Crippen molar-refractivity contribution in [3.05, 3.63) is 53.6 Å². The topological polar surface area (TPSA) is 56.8 Å². The van der Waals surface area contributed by atoms with Gasteiger partial charge in [-0.2, -0.15) is 0 Å². The molecule has 0 saturated heterocycles. The van der Waals surface area contributed by atoms with E-state index in [2.05, 4.69) is 11.4 Å². The summed E-state index contributed by atoms with van der Waals surface area (Å²) >= 11 is 0. The molecule has 1 atom stereocenters. The molecule has 2 aromatic rings. The summed E-state index contributed by atoms with van der Waals surface area (Å²) in [7, 11) is 3.12. The highest BCUT2D eigenvalue weighted by atomic mass is 16.5. The third-order valence-electron chi connectivity index (χ3n) is 4.15. The second-order valence-corrected chi connectivity index (χ2v) is 5.77. The van der Waals surface area contributed by atoms with Gasteiger partial charge in [0.1, 0.15) is 5.75 Å². The van der Waals surface area contributed by atoms with E-state index in [0.717, 1.165) is 12.2 Å². The maximum absolute atomic E-state index is 12.4. The number of carbonyl (C=O) groups excluding carboxylic acids is 1. The summed E-state index contributed by atoms with van der Waals surface area (Å²) in [6, 6.07) is 13.2. The summed E-state index contributed by atoms with van der Waals surface area (Å²) in [4.78, 5) is 12.4. The van der Waals surface area contributed by atoms with Gasteiger partial charge in [-0.3, -0.25) is 4.79 Å². The molecule has 0 fully saturated rings. The van der Waals surface area contributed by atoms with Crippen molar-refractivity contribution in [2.75, 3.05) is 27.4 Å². The average molecular weight is 327 g/mol. The van der Waals surface area contributed by atoms with Gasteiger partial charge in [-0.1, -0.05) is 18.2 Å². The van der Waals surface area contributed by atoms with Gasteiger partial charge in [-0.05, 0) is 36.2 Å². The van der Waals surface area contributed by atoms with Gasteiger partial charge in [0.2, 0.25) is 0 Å². The molecule has 5 heteroatoms. The van der Waals surface area contributed by atoms with E-state index in [0.29, 0.717) is 30.2 Å². The van der Waals surface area contributed by atoms with E-state index in [4.69, 9.17) is 14.2 Å². The van der Waals surface area contributed by atoms with Crippen molar-refractivity contribution in [3.8, 4) is 17.2 Å². The number of methoxy groups -OCH3 is 2. The summed E-state index contributed by atoms with van der Waals surface area (Å²) in [6.07, 6.45) is 0.905. The summed E-state index contributed by atoms with van der Waals surface area (Å²) in [6.45, 7) is 1.19. The van der Waals surface area contributed by atoms with Crippen LogP contribution in [0.25, 0.3) is 0 Å². The van der Waals surface area contributed by atoms with Crippen molar-refractivity contribution in [2.45, 2.75) is 6.42 Å². The minimum absolute atomic E-state index is 0.130. The van der Waals surface area contributed by atoms with Gasteiger partial charge in [0.25, 0.3) is 5.91 Å². The molecule has 1 amide bonds. The lowest BCUT2D eigenvalue weighted by Crippen LogP contribution is -2.34. The number of carbonyl (C=O) groups is 1. The largest absolute Gasteiger partial charge is 0.493 e. The first-order chi connectivity index (χ1) is 11.7. The van der Waals surface area contributed by atoms with Crippen LogP contribution in [0, 0.1) is 5.92 Å². The fourth-order valence-electron chi connectivity index (χ4n) is 2.84. The number of rotatable bonds is 5. The second kappa shape index (κ2) is 7.25. The molecular formula is C19H21NO4. The number of benzene rings is 2. The Labute approximate surface area is 141 Å². The molecule has 1 heterocycles. The summed E-state index contributed by atoms with van der Waals surface area (Å²) in [5.74, 6) is 2.23. The molecule has 3 rings (SSSR count). The third-order valence-corrected chi connectivity index (χ3v) is 4.15. The van der Waals surface area contributed by atoms with Gasteiger partial charge >= 0.3 is 0 Å². The summed E-state index contributed by atoms with van der Waals surface area (Å²) in [5.41, 5.74) is 1.74. The lowest BCUT2D eigenvalue weighted by molar-refractivity contribution is 0.0938. The highest BCUT2D eigenvalue weighted by Gasteiger charge is 2.20. The average Bonchev–Trinajstić information content (AvgIpc) is 2.65. The zero-order valence-electron chi connectivity index (χ0n) is 13.9. The molecule has 0 unspecified atom stereocenters. The summed E-state index contributed by atoms with van der Waals surface area (Å²) < 4.78 is 16.2. The van der Waals surface area contributed by atoms with E-state index in [1.165, 1.54) is 5.56 Å². The lowest BCUT2D eigenvalue weighted by atomic mass is 9.96. The van der Waals surface area contributed by atoms with Crippen LogP contribution in [0.3, 0.4) is 0 Å². The minimum atomic E-state index is -0.130. The van der Waals surface area contributed by atoms with Crippen molar-refractivity contribution in [2.24, 2.45) is 5.92 Å². The number of amides is 1. The van der Waals surface area contributed by atoms with Gasteiger partial charge in [0.05, 0.1) is 20.8 Å². The Kier molecular flexibility index (Phi) is 4.89. The van der Waals surface area contributed by atoms with E-state index >= 15 is 0 Å². The normalized spacial score (nSPS) is 15.8.